The number of hydrogen-bond acceptors (Lipinski definition) is 1. The maximum Gasteiger partial charge on any atom is 0.0476 e. The number of halogens is 1. The van der Waals surface area contributed by atoms with E-state index in [0.717, 1.165) is 17.4 Å². The molecule has 24 heavy (non-hydrogen) atoms. The van der Waals surface area contributed by atoms with E-state index in [1.165, 1.54) is 53.4 Å². The Labute approximate surface area is 151 Å². The summed E-state index contributed by atoms with van der Waals surface area (Å²) in [7, 11) is 0. The second-order valence-corrected chi connectivity index (χ2v) is 7.61. The van der Waals surface area contributed by atoms with Crippen LogP contribution >= 0.6 is 15.9 Å². The van der Waals surface area contributed by atoms with Gasteiger partial charge < -0.3 is 10.3 Å². The van der Waals surface area contributed by atoms with E-state index in [9.17, 15) is 0 Å². The van der Waals surface area contributed by atoms with Crippen molar-refractivity contribution < 1.29 is 0 Å². The highest BCUT2D eigenvalue weighted by atomic mass is 79.9. The van der Waals surface area contributed by atoms with E-state index in [1.54, 1.807) is 0 Å². The van der Waals surface area contributed by atoms with Gasteiger partial charge in [-0.25, -0.2) is 0 Å². The van der Waals surface area contributed by atoms with Crippen LogP contribution in [0.5, 0.6) is 0 Å². The van der Waals surface area contributed by atoms with Crippen LogP contribution in [0.4, 0.5) is 0 Å². The fraction of sp³-hybridized carbons (Fsp3) is 0.333. The van der Waals surface area contributed by atoms with Gasteiger partial charge in [0.25, 0.3) is 0 Å². The number of aryl methyl sites for hydroxylation is 1. The van der Waals surface area contributed by atoms with Crippen LogP contribution in [0.1, 0.15) is 42.1 Å². The molecule has 0 saturated carbocycles. The number of rotatable bonds is 4. The minimum Gasteiger partial charge on any atom is -0.357 e. The quantitative estimate of drug-likeness (QED) is 0.570. The normalized spacial score (nSPS) is 17.6. The third kappa shape index (κ3) is 3.28. The Kier molecular flexibility index (Phi) is 4.72. The number of aromatic nitrogens is 1. The molecule has 1 aromatic heterocycles. The molecule has 1 aliphatic rings. The molecule has 1 heterocycles. The minimum atomic E-state index is 0.442. The lowest BCUT2D eigenvalue weighted by Crippen LogP contribution is -2.24. The first-order valence-corrected chi connectivity index (χ1v) is 9.68. The summed E-state index contributed by atoms with van der Waals surface area (Å²) in [4.78, 5) is 3.70. The first-order valence-electron chi connectivity index (χ1n) is 8.88. The smallest absolute Gasteiger partial charge is 0.0476 e. The van der Waals surface area contributed by atoms with Gasteiger partial charge in [-0.05, 0) is 61.6 Å². The van der Waals surface area contributed by atoms with Crippen LogP contribution in [0.3, 0.4) is 0 Å². The van der Waals surface area contributed by atoms with Crippen LogP contribution in [-0.2, 0) is 12.8 Å². The van der Waals surface area contributed by atoms with Crippen molar-refractivity contribution in [2.75, 3.05) is 6.54 Å². The van der Waals surface area contributed by atoms with Crippen molar-refractivity contribution in [1.82, 2.24) is 10.3 Å². The van der Waals surface area contributed by atoms with E-state index in [2.05, 4.69) is 74.8 Å². The lowest BCUT2D eigenvalue weighted by Gasteiger charge is -2.17. The fourth-order valence-corrected chi connectivity index (χ4v) is 4.20. The van der Waals surface area contributed by atoms with Crippen LogP contribution < -0.4 is 5.32 Å². The topological polar surface area (TPSA) is 27.8 Å². The van der Waals surface area contributed by atoms with Crippen LogP contribution in [0.2, 0.25) is 0 Å². The highest BCUT2D eigenvalue weighted by molar-refractivity contribution is 9.10. The molecule has 0 radical (unpaired) electrons. The average Bonchev–Trinajstić information content (AvgIpc) is 2.83. The fourth-order valence-electron chi connectivity index (χ4n) is 3.84. The van der Waals surface area contributed by atoms with Gasteiger partial charge in [0.2, 0.25) is 0 Å². The summed E-state index contributed by atoms with van der Waals surface area (Å²) in [6, 6.07) is 17.8. The lowest BCUT2D eigenvalue weighted by molar-refractivity contribution is 0.485. The summed E-state index contributed by atoms with van der Waals surface area (Å²) in [5.41, 5.74) is 5.59. The molecule has 0 saturated heterocycles. The van der Waals surface area contributed by atoms with E-state index in [0.29, 0.717) is 6.04 Å². The molecular weight excluding hydrogens is 360 g/mol. The first-order chi connectivity index (χ1) is 11.8. The lowest BCUT2D eigenvalue weighted by atomic mass is 10.0. The van der Waals surface area contributed by atoms with E-state index in [-0.39, 0.29) is 0 Å². The van der Waals surface area contributed by atoms with Crippen LogP contribution in [0.25, 0.3) is 10.9 Å². The zero-order valence-electron chi connectivity index (χ0n) is 13.8. The maximum absolute atomic E-state index is 3.80. The number of hydrogen-bond donors (Lipinski definition) is 2. The predicted octanol–water partition coefficient (Wildman–Crippen LogP) is 5.53. The summed E-state index contributed by atoms with van der Waals surface area (Å²) in [5, 5.41) is 5.18. The molecule has 0 bridgehead atoms. The Morgan fingerprint density at radius 3 is 2.83 bits per heavy atom. The molecule has 124 valence electrons. The number of nitrogens with one attached hydrogen (secondary N) is 2. The van der Waals surface area contributed by atoms with Crippen molar-refractivity contribution in [1.29, 1.82) is 0 Å². The minimum absolute atomic E-state index is 0.442. The summed E-state index contributed by atoms with van der Waals surface area (Å²) < 4.78 is 1.16. The Balaban J connectivity index is 1.55. The van der Waals surface area contributed by atoms with Gasteiger partial charge >= 0.3 is 0 Å². The van der Waals surface area contributed by atoms with Crippen molar-refractivity contribution in [2.45, 2.75) is 38.1 Å². The second-order valence-electron chi connectivity index (χ2n) is 6.70. The third-order valence-corrected chi connectivity index (χ3v) is 5.56. The van der Waals surface area contributed by atoms with Crippen LogP contribution in [-0.4, -0.2) is 11.5 Å². The molecular formula is C21H23BrN2. The van der Waals surface area contributed by atoms with Crippen molar-refractivity contribution in [3.8, 4) is 0 Å². The molecule has 0 spiro atoms. The van der Waals surface area contributed by atoms with Gasteiger partial charge in [-0.2, -0.15) is 0 Å². The summed E-state index contributed by atoms with van der Waals surface area (Å²) in [6.45, 7) is 1.02. The van der Waals surface area contributed by atoms with Crippen molar-refractivity contribution in [2.24, 2.45) is 0 Å². The van der Waals surface area contributed by atoms with Crippen LogP contribution in [0, 0.1) is 0 Å². The number of aromatic amines is 1. The Bertz CT molecular complexity index is 822. The van der Waals surface area contributed by atoms with Gasteiger partial charge in [0, 0.05) is 27.1 Å². The first kappa shape index (κ1) is 15.9. The third-order valence-electron chi connectivity index (χ3n) is 5.07. The number of fused-ring (bicyclic) bond motifs is 3. The predicted molar refractivity (Wildman–Crippen MR) is 104 cm³/mol. The average molecular weight is 383 g/mol. The summed E-state index contributed by atoms with van der Waals surface area (Å²) in [6.07, 6.45) is 6.06. The zero-order chi connectivity index (χ0) is 16.4. The molecule has 1 unspecified atom stereocenters. The molecule has 2 nitrogen and oxygen atoms in total. The largest absolute Gasteiger partial charge is 0.357 e. The van der Waals surface area contributed by atoms with Crippen LogP contribution in [0.15, 0.2) is 53.0 Å². The van der Waals surface area contributed by atoms with E-state index >= 15 is 0 Å². The van der Waals surface area contributed by atoms with Gasteiger partial charge in [0.1, 0.15) is 0 Å². The summed E-state index contributed by atoms with van der Waals surface area (Å²) >= 11 is 3.62. The van der Waals surface area contributed by atoms with Crippen molar-refractivity contribution in [3.05, 3.63) is 69.8 Å². The SMILES string of the molecule is Brc1ccc2[nH]c3c(c2c1)CCCCC3NCCc1ccccc1. The Morgan fingerprint density at radius 1 is 1.08 bits per heavy atom. The molecule has 1 aliphatic carbocycles. The van der Waals surface area contributed by atoms with E-state index in [4.69, 9.17) is 0 Å². The maximum atomic E-state index is 3.80. The molecule has 3 aromatic rings. The zero-order valence-corrected chi connectivity index (χ0v) is 15.4. The molecule has 1 atom stereocenters. The molecule has 3 heteroatoms. The van der Waals surface area contributed by atoms with Gasteiger partial charge in [0.05, 0.1) is 0 Å². The van der Waals surface area contributed by atoms with Gasteiger partial charge in [-0.15, -0.1) is 0 Å². The Morgan fingerprint density at radius 2 is 1.96 bits per heavy atom. The number of benzene rings is 2. The molecule has 0 fully saturated rings. The molecule has 4 rings (SSSR count). The molecule has 0 amide bonds. The molecule has 2 aromatic carbocycles. The molecule has 2 N–H and O–H groups in total. The highest BCUT2D eigenvalue weighted by Crippen LogP contribution is 2.34. The monoisotopic (exact) mass is 382 g/mol. The van der Waals surface area contributed by atoms with E-state index < -0.39 is 0 Å². The standard InChI is InChI=1S/C21H23BrN2/c22-16-10-11-19-18(14-16)17-8-4-5-9-20(21(17)24-19)23-13-12-15-6-2-1-3-7-15/h1-3,6-7,10-11,14,20,23-24H,4-5,8-9,12-13H2. The van der Waals surface area contributed by atoms with E-state index in [1.807, 2.05) is 0 Å². The van der Waals surface area contributed by atoms with Gasteiger partial charge in [0.15, 0.2) is 0 Å². The van der Waals surface area contributed by atoms with Gasteiger partial charge in [-0.3, -0.25) is 0 Å². The van der Waals surface area contributed by atoms with Crippen molar-refractivity contribution >= 4 is 26.8 Å². The van der Waals surface area contributed by atoms with Crippen molar-refractivity contribution in [3.63, 3.8) is 0 Å². The number of H-pyrrole nitrogens is 1. The highest BCUT2D eigenvalue weighted by Gasteiger charge is 2.22. The molecule has 0 aliphatic heterocycles. The van der Waals surface area contributed by atoms with Gasteiger partial charge in [-0.1, -0.05) is 52.7 Å². The Hall–Kier alpha value is -1.58. The summed E-state index contributed by atoms with van der Waals surface area (Å²) in [5.74, 6) is 0. The second kappa shape index (κ2) is 7.12.